The number of benzene rings is 1. The van der Waals surface area contributed by atoms with Gasteiger partial charge in [0.25, 0.3) is 0 Å². The molecule has 4 nitrogen and oxygen atoms in total. The van der Waals surface area contributed by atoms with Gasteiger partial charge in [0, 0.05) is 42.0 Å². The van der Waals surface area contributed by atoms with Gasteiger partial charge in [-0.15, -0.1) is 0 Å². The lowest BCUT2D eigenvalue weighted by atomic mass is 9.73. The molecule has 0 amide bonds. The Morgan fingerprint density at radius 3 is 2.92 bits per heavy atom. The number of ether oxygens (including phenoxy) is 1. The fourth-order valence-corrected chi connectivity index (χ4v) is 3.51. The Hall–Kier alpha value is -1.91. The molecule has 134 valence electrons. The average Bonchev–Trinajstić information content (AvgIpc) is 2.64. The van der Waals surface area contributed by atoms with Crippen molar-refractivity contribution in [2.24, 2.45) is 5.41 Å². The second-order valence-corrected chi connectivity index (χ2v) is 7.28. The SMILES string of the molecule is CC1(CNCc2ccccc2OCc2cccnc2)CCCCC1O. The highest BCUT2D eigenvalue weighted by molar-refractivity contribution is 5.33. The molecule has 1 heterocycles. The Morgan fingerprint density at radius 2 is 2.12 bits per heavy atom. The van der Waals surface area contributed by atoms with Gasteiger partial charge in [-0.05, 0) is 25.0 Å². The van der Waals surface area contributed by atoms with Gasteiger partial charge in [0.2, 0.25) is 0 Å². The summed E-state index contributed by atoms with van der Waals surface area (Å²) in [5, 5.41) is 13.8. The predicted molar refractivity (Wildman–Crippen MR) is 99.3 cm³/mol. The smallest absolute Gasteiger partial charge is 0.124 e. The average molecular weight is 340 g/mol. The number of nitrogens with one attached hydrogen (secondary N) is 1. The number of hydrogen-bond donors (Lipinski definition) is 2. The maximum Gasteiger partial charge on any atom is 0.124 e. The first kappa shape index (κ1) is 17.9. The zero-order valence-electron chi connectivity index (χ0n) is 14.9. The molecule has 1 aliphatic rings. The summed E-state index contributed by atoms with van der Waals surface area (Å²) in [6.07, 6.45) is 7.74. The predicted octanol–water partition coefficient (Wildman–Crippen LogP) is 3.69. The number of aliphatic hydroxyl groups excluding tert-OH is 1. The largest absolute Gasteiger partial charge is 0.489 e. The van der Waals surface area contributed by atoms with Crippen LogP contribution >= 0.6 is 0 Å². The minimum Gasteiger partial charge on any atom is -0.489 e. The second kappa shape index (κ2) is 8.45. The number of aliphatic hydroxyl groups is 1. The number of hydrogen-bond acceptors (Lipinski definition) is 4. The van der Waals surface area contributed by atoms with Crippen LogP contribution in [-0.2, 0) is 13.2 Å². The third-order valence-electron chi connectivity index (χ3n) is 5.21. The number of para-hydroxylation sites is 1. The van der Waals surface area contributed by atoms with Gasteiger partial charge < -0.3 is 15.2 Å². The molecule has 0 bridgehead atoms. The topological polar surface area (TPSA) is 54.4 Å². The van der Waals surface area contributed by atoms with Crippen LogP contribution in [0.4, 0.5) is 0 Å². The van der Waals surface area contributed by atoms with Crippen LogP contribution in [0.25, 0.3) is 0 Å². The van der Waals surface area contributed by atoms with Crippen molar-refractivity contribution in [3.63, 3.8) is 0 Å². The van der Waals surface area contributed by atoms with Crippen molar-refractivity contribution in [2.75, 3.05) is 6.54 Å². The standard InChI is InChI=1S/C21H28N2O2/c1-21(11-5-4-10-20(21)24)16-23-14-18-8-2-3-9-19(18)25-15-17-7-6-12-22-13-17/h2-3,6-9,12-13,20,23-24H,4-5,10-11,14-16H2,1H3. The Bertz CT molecular complexity index is 662. The van der Waals surface area contributed by atoms with Crippen LogP contribution in [0.3, 0.4) is 0 Å². The van der Waals surface area contributed by atoms with Crippen molar-refractivity contribution < 1.29 is 9.84 Å². The summed E-state index contributed by atoms with van der Waals surface area (Å²) in [5.74, 6) is 0.896. The lowest BCUT2D eigenvalue weighted by molar-refractivity contribution is 0.00112. The quantitative estimate of drug-likeness (QED) is 0.807. The van der Waals surface area contributed by atoms with Gasteiger partial charge in [-0.25, -0.2) is 0 Å². The van der Waals surface area contributed by atoms with Gasteiger partial charge in [0.05, 0.1) is 6.10 Å². The number of aromatic nitrogens is 1. The van der Waals surface area contributed by atoms with E-state index in [0.717, 1.165) is 49.2 Å². The van der Waals surface area contributed by atoms with Crippen LogP contribution in [0, 0.1) is 5.41 Å². The molecule has 2 unspecified atom stereocenters. The zero-order chi connectivity index (χ0) is 17.5. The Balaban J connectivity index is 1.55. The molecule has 4 heteroatoms. The van der Waals surface area contributed by atoms with Crippen molar-refractivity contribution in [1.29, 1.82) is 0 Å². The molecule has 1 fully saturated rings. The summed E-state index contributed by atoms with van der Waals surface area (Å²) in [4.78, 5) is 4.12. The van der Waals surface area contributed by atoms with E-state index in [-0.39, 0.29) is 11.5 Å². The van der Waals surface area contributed by atoms with Gasteiger partial charge in [-0.2, -0.15) is 0 Å². The normalized spacial score (nSPS) is 23.4. The van der Waals surface area contributed by atoms with E-state index in [2.05, 4.69) is 23.3 Å². The molecular formula is C21H28N2O2. The van der Waals surface area contributed by atoms with Crippen LogP contribution in [0.1, 0.15) is 43.7 Å². The number of rotatable bonds is 7. The van der Waals surface area contributed by atoms with E-state index in [0.29, 0.717) is 6.61 Å². The molecule has 2 aromatic rings. The van der Waals surface area contributed by atoms with E-state index >= 15 is 0 Å². The second-order valence-electron chi connectivity index (χ2n) is 7.28. The summed E-state index contributed by atoms with van der Waals surface area (Å²) in [6, 6.07) is 12.1. The molecule has 2 atom stereocenters. The summed E-state index contributed by atoms with van der Waals surface area (Å²) in [7, 11) is 0. The molecule has 25 heavy (non-hydrogen) atoms. The number of nitrogens with zero attached hydrogens (tertiary/aromatic N) is 1. The van der Waals surface area contributed by atoms with E-state index in [4.69, 9.17) is 4.74 Å². The minimum atomic E-state index is -0.203. The van der Waals surface area contributed by atoms with Crippen LogP contribution in [0.15, 0.2) is 48.8 Å². The van der Waals surface area contributed by atoms with Crippen molar-refractivity contribution in [3.8, 4) is 5.75 Å². The Labute approximate surface area is 150 Å². The first-order valence-electron chi connectivity index (χ1n) is 9.16. The third kappa shape index (κ3) is 4.80. The molecular weight excluding hydrogens is 312 g/mol. The lowest BCUT2D eigenvalue weighted by Gasteiger charge is -2.38. The molecule has 0 aliphatic heterocycles. The van der Waals surface area contributed by atoms with E-state index in [9.17, 15) is 5.11 Å². The Kier molecular flexibility index (Phi) is 6.05. The molecule has 1 aromatic heterocycles. The van der Waals surface area contributed by atoms with Gasteiger partial charge in [-0.3, -0.25) is 4.98 Å². The first-order valence-corrected chi connectivity index (χ1v) is 9.16. The van der Waals surface area contributed by atoms with E-state index in [1.165, 1.54) is 6.42 Å². The minimum absolute atomic E-state index is 0.0240. The highest BCUT2D eigenvalue weighted by Crippen LogP contribution is 2.35. The van der Waals surface area contributed by atoms with E-state index < -0.39 is 0 Å². The molecule has 1 aromatic carbocycles. The summed E-state index contributed by atoms with van der Waals surface area (Å²) in [5.41, 5.74) is 2.17. The van der Waals surface area contributed by atoms with E-state index in [1.54, 1.807) is 6.20 Å². The van der Waals surface area contributed by atoms with Crippen molar-refractivity contribution in [2.45, 2.75) is 51.9 Å². The van der Waals surface area contributed by atoms with Crippen LogP contribution in [0.2, 0.25) is 0 Å². The zero-order valence-corrected chi connectivity index (χ0v) is 14.9. The van der Waals surface area contributed by atoms with Crippen molar-refractivity contribution in [1.82, 2.24) is 10.3 Å². The fraction of sp³-hybridized carbons (Fsp3) is 0.476. The summed E-state index contributed by atoms with van der Waals surface area (Å²) in [6.45, 7) is 4.27. The lowest BCUT2D eigenvalue weighted by Crippen LogP contribution is -2.43. The first-order chi connectivity index (χ1) is 12.2. The Morgan fingerprint density at radius 1 is 1.24 bits per heavy atom. The molecule has 1 aliphatic carbocycles. The summed E-state index contributed by atoms with van der Waals surface area (Å²) < 4.78 is 5.98. The highest BCUT2D eigenvalue weighted by Gasteiger charge is 2.34. The molecule has 0 radical (unpaired) electrons. The van der Waals surface area contributed by atoms with Gasteiger partial charge in [0.1, 0.15) is 12.4 Å². The maximum atomic E-state index is 10.3. The van der Waals surface area contributed by atoms with E-state index in [1.807, 2.05) is 36.5 Å². The summed E-state index contributed by atoms with van der Waals surface area (Å²) >= 11 is 0. The van der Waals surface area contributed by atoms with Crippen LogP contribution in [-0.4, -0.2) is 22.7 Å². The molecule has 0 spiro atoms. The maximum absolute atomic E-state index is 10.3. The molecule has 0 saturated heterocycles. The van der Waals surface area contributed by atoms with Crippen LogP contribution in [0.5, 0.6) is 5.75 Å². The molecule has 1 saturated carbocycles. The monoisotopic (exact) mass is 340 g/mol. The van der Waals surface area contributed by atoms with Crippen LogP contribution < -0.4 is 10.1 Å². The number of pyridine rings is 1. The highest BCUT2D eigenvalue weighted by atomic mass is 16.5. The van der Waals surface area contributed by atoms with Gasteiger partial charge in [-0.1, -0.05) is 44.0 Å². The molecule has 3 rings (SSSR count). The molecule has 2 N–H and O–H groups in total. The van der Waals surface area contributed by atoms with Gasteiger partial charge in [0.15, 0.2) is 0 Å². The van der Waals surface area contributed by atoms with Crippen molar-refractivity contribution >= 4 is 0 Å². The van der Waals surface area contributed by atoms with Gasteiger partial charge >= 0.3 is 0 Å². The van der Waals surface area contributed by atoms with Crippen molar-refractivity contribution in [3.05, 3.63) is 59.9 Å². The fourth-order valence-electron chi connectivity index (χ4n) is 3.51. The third-order valence-corrected chi connectivity index (χ3v) is 5.21.